The number of rotatable bonds is 6. The smallest absolute Gasteiger partial charge is 0.237 e. The number of benzene rings is 2. The number of hydrogen-bond acceptors (Lipinski definition) is 4. The highest BCUT2D eigenvalue weighted by Crippen LogP contribution is 2.29. The molecular weight excluding hydrogens is 449 g/mol. The SMILES string of the molecule is C[C@H](Sc1ccc(N=Cc2cccnc2Cl)cc1)C(=O)Nc1ccc(Cl)cc1Cl. The van der Waals surface area contributed by atoms with Gasteiger partial charge in [0.05, 0.1) is 21.6 Å². The first kappa shape index (κ1) is 21.7. The van der Waals surface area contributed by atoms with Gasteiger partial charge in [0.15, 0.2) is 0 Å². The second kappa shape index (κ2) is 10.1. The summed E-state index contributed by atoms with van der Waals surface area (Å²) in [5, 5.41) is 3.83. The van der Waals surface area contributed by atoms with Crippen LogP contribution in [0.15, 0.2) is 70.7 Å². The summed E-state index contributed by atoms with van der Waals surface area (Å²) < 4.78 is 0. The zero-order valence-corrected chi connectivity index (χ0v) is 18.4. The van der Waals surface area contributed by atoms with Crippen LogP contribution >= 0.6 is 46.6 Å². The predicted octanol–water partition coefficient (Wildman–Crippen LogP) is 6.91. The molecule has 0 aliphatic rings. The zero-order chi connectivity index (χ0) is 20.8. The Kier molecular flexibility index (Phi) is 7.56. The van der Waals surface area contributed by atoms with Crippen molar-refractivity contribution in [1.82, 2.24) is 4.98 Å². The Morgan fingerprint density at radius 1 is 1.14 bits per heavy atom. The molecule has 29 heavy (non-hydrogen) atoms. The number of carbonyl (C=O) groups is 1. The van der Waals surface area contributed by atoms with Gasteiger partial charge in [-0.2, -0.15) is 0 Å². The number of aliphatic imine (C=N–C) groups is 1. The summed E-state index contributed by atoms with van der Waals surface area (Å²) in [5.41, 5.74) is 2.06. The van der Waals surface area contributed by atoms with Gasteiger partial charge < -0.3 is 5.32 Å². The van der Waals surface area contributed by atoms with E-state index in [1.807, 2.05) is 37.3 Å². The maximum Gasteiger partial charge on any atom is 0.237 e. The van der Waals surface area contributed by atoms with Gasteiger partial charge in [-0.15, -0.1) is 11.8 Å². The Balaban J connectivity index is 1.60. The summed E-state index contributed by atoms with van der Waals surface area (Å²) in [6.45, 7) is 1.83. The summed E-state index contributed by atoms with van der Waals surface area (Å²) in [7, 11) is 0. The van der Waals surface area contributed by atoms with Crippen LogP contribution in [0.2, 0.25) is 15.2 Å². The zero-order valence-electron chi connectivity index (χ0n) is 15.3. The van der Waals surface area contributed by atoms with Crippen LogP contribution in [0.25, 0.3) is 0 Å². The average Bonchev–Trinajstić information content (AvgIpc) is 2.70. The third kappa shape index (κ3) is 6.21. The van der Waals surface area contributed by atoms with Crippen molar-refractivity contribution in [2.45, 2.75) is 17.1 Å². The molecule has 2 aromatic carbocycles. The first-order chi connectivity index (χ1) is 13.9. The van der Waals surface area contributed by atoms with E-state index >= 15 is 0 Å². The topological polar surface area (TPSA) is 54.4 Å². The molecule has 0 saturated heterocycles. The van der Waals surface area contributed by atoms with Gasteiger partial charge in [0.2, 0.25) is 5.91 Å². The monoisotopic (exact) mass is 463 g/mol. The molecule has 4 nitrogen and oxygen atoms in total. The molecule has 1 atom stereocenters. The van der Waals surface area contributed by atoms with Crippen LogP contribution in [0, 0.1) is 0 Å². The summed E-state index contributed by atoms with van der Waals surface area (Å²) in [5.74, 6) is -0.146. The first-order valence-electron chi connectivity index (χ1n) is 8.59. The van der Waals surface area contributed by atoms with E-state index in [0.717, 1.165) is 16.1 Å². The number of pyridine rings is 1. The van der Waals surface area contributed by atoms with Crippen LogP contribution < -0.4 is 5.32 Å². The minimum absolute atomic E-state index is 0.146. The van der Waals surface area contributed by atoms with Gasteiger partial charge in [-0.05, 0) is 61.5 Å². The van der Waals surface area contributed by atoms with Crippen LogP contribution in [0.5, 0.6) is 0 Å². The van der Waals surface area contributed by atoms with Gasteiger partial charge in [0.1, 0.15) is 5.15 Å². The van der Waals surface area contributed by atoms with E-state index in [9.17, 15) is 4.79 Å². The Labute approximate surface area is 188 Å². The van der Waals surface area contributed by atoms with Crippen LogP contribution in [-0.2, 0) is 4.79 Å². The van der Waals surface area contributed by atoms with Gasteiger partial charge in [-0.3, -0.25) is 9.79 Å². The number of halogens is 3. The minimum atomic E-state index is -0.315. The van der Waals surface area contributed by atoms with Gasteiger partial charge in [0, 0.05) is 27.9 Å². The average molecular weight is 465 g/mol. The molecule has 0 fully saturated rings. The molecule has 148 valence electrons. The van der Waals surface area contributed by atoms with E-state index in [-0.39, 0.29) is 11.2 Å². The Hall–Kier alpha value is -2.05. The van der Waals surface area contributed by atoms with Crippen molar-refractivity contribution < 1.29 is 4.79 Å². The van der Waals surface area contributed by atoms with Gasteiger partial charge in [-0.1, -0.05) is 34.8 Å². The van der Waals surface area contributed by atoms with E-state index in [1.165, 1.54) is 11.8 Å². The highest BCUT2D eigenvalue weighted by atomic mass is 35.5. The molecule has 1 amide bonds. The molecule has 1 aromatic heterocycles. The standard InChI is InChI=1S/C21H16Cl3N3OS/c1-13(21(28)27-19-9-4-15(22)11-18(19)23)29-17-7-5-16(6-8-17)26-12-14-3-2-10-25-20(14)24/h2-13H,1H3,(H,27,28)/t13-/m0/s1. The summed E-state index contributed by atoms with van der Waals surface area (Å²) in [4.78, 5) is 21.8. The van der Waals surface area contributed by atoms with Gasteiger partial charge >= 0.3 is 0 Å². The maximum absolute atomic E-state index is 12.4. The van der Waals surface area contributed by atoms with Crippen molar-refractivity contribution in [3.8, 4) is 0 Å². The Morgan fingerprint density at radius 2 is 1.90 bits per heavy atom. The van der Waals surface area contributed by atoms with Crippen LogP contribution in [0.3, 0.4) is 0 Å². The fraction of sp³-hybridized carbons (Fsp3) is 0.0952. The van der Waals surface area contributed by atoms with Crippen molar-refractivity contribution in [1.29, 1.82) is 0 Å². The lowest BCUT2D eigenvalue weighted by Gasteiger charge is -2.13. The Bertz CT molecular complexity index is 1040. The molecule has 3 aromatic rings. The van der Waals surface area contributed by atoms with Crippen molar-refractivity contribution in [3.05, 3.63) is 81.6 Å². The number of nitrogens with one attached hydrogen (secondary N) is 1. The molecule has 0 spiro atoms. The first-order valence-corrected chi connectivity index (χ1v) is 10.6. The van der Waals surface area contributed by atoms with Gasteiger partial charge in [0.25, 0.3) is 0 Å². The fourth-order valence-electron chi connectivity index (χ4n) is 2.33. The van der Waals surface area contributed by atoms with Crippen LogP contribution in [-0.4, -0.2) is 22.4 Å². The van der Waals surface area contributed by atoms with E-state index in [0.29, 0.717) is 20.9 Å². The molecule has 3 rings (SSSR count). The number of carbonyl (C=O) groups excluding carboxylic acids is 1. The number of hydrogen-bond donors (Lipinski definition) is 1. The maximum atomic E-state index is 12.4. The lowest BCUT2D eigenvalue weighted by Crippen LogP contribution is -2.22. The third-order valence-electron chi connectivity index (χ3n) is 3.85. The van der Waals surface area contributed by atoms with Crippen LogP contribution in [0.4, 0.5) is 11.4 Å². The molecule has 8 heteroatoms. The van der Waals surface area contributed by atoms with E-state index < -0.39 is 0 Å². The molecule has 0 aliphatic carbocycles. The number of thioether (sulfide) groups is 1. The van der Waals surface area contributed by atoms with Crippen molar-refractivity contribution in [2.24, 2.45) is 4.99 Å². The van der Waals surface area contributed by atoms with Crippen molar-refractivity contribution in [3.63, 3.8) is 0 Å². The van der Waals surface area contributed by atoms with E-state index in [2.05, 4.69) is 15.3 Å². The molecular formula is C21H16Cl3N3OS. The number of amides is 1. The van der Waals surface area contributed by atoms with E-state index in [4.69, 9.17) is 34.8 Å². The van der Waals surface area contributed by atoms with Crippen molar-refractivity contribution >= 4 is 70.1 Å². The van der Waals surface area contributed by atoms with Gasteiger partial charge in [-0.25, -0.2) is 4.98 Å². The molecule has 1 N–H and O–H groups in total. The number of aromatic nitrogens is 1. The fourth-order valence-corrected chi connectivity index (χ4v) is 3.82. The largest absolute Gasteiger partial charge is 0.324 e. The third-order valence-corrected chi connectivity index (χ3v) is 5.82. The Morgan fingerprint density at radius 3 is 2.59 bits per heavy atom. The normalized spacial score (nSPS) is 12.1. The predicted molar refractivity (Wildman–Crippen MR) is 123 cm³/mol. The number of anilines is 1. The molecule has 1 heterocycles. The van der Waals surface area contributed by atoms with E-state index in [1.54, 1.807) is 36.7 Å². The minimum Gasteiger partial charge on any atom is -0.324 e. The molecule has 0 saturated carbocycles. The lowest BCUT2D eigenvalue weighted by atomic mass is 10.3. The van der Waals surface area contributed by atoms with Crippen LogP contribution in [0.1, 0.15) is 12.5 Å². The lowest BCUT2D eigenvalue weighted by molar-refractivity contribution is -0.115. The summed E-state index contributed by atoms with van der Waals surface area (Å²) in [6, 6.07) is 16.2. The second-order valence-electron chi connectivity index (χ2n) is 6.01. The molecule has 0 radical (unpaired) electrons. The molecule has 0 aliphatic heterocycles. The quantitative estimate of drug-likeness (QED) is 0.245. The number of nitrogens with zero attached hydrogens (tertiary/aromatic N) is 2. The highest BCUT2D eigenvalue weighted by molar-refractivity contribution is 8.00. The van der Waals surface area contributed by atoms with Crippen molar-refractivity contribution in [2.75, 3.05) is 5.32 Å². The highest BCUT2D eigenvalue weighted by Gasteiger charge is 2.16. The molecule has 0 unspecified atom stereocenters. The summed E-state index contributed by atoms with van der Waals surface area (Å²) >= 11 is 19.4. The molecule has 0 bridgehead atoms. The second-order valence-corrected chi connectivity index (χ2v) is 8.62. The summed E-state index contributed by atoms with van der Waals surface area (Å²) in [6.07, 6.45) is 3.30.